The van der Waals surface area contributed by atoms with Crippen molar-refractivity contribution in [2.45, 2.75) is 27.7 Å². The van der Waals surface area contributed by atoms with Crippen molar-refractivity contribution >= 4 is 33.3 Å². The summed E-state index contributed by atoms with van der Waals surface area (Å²) >= 11 is 1.09. The van der Waals surface area contributed by atoms with E-state index < -0.39 is 5.97 Å². The van der Waals surface area contributed by atoms with Crippen LogP contribution in [0.3, 0.4) is 0 Å². The van der Waals surface area contributed by atoms with E-state index in [0.29, 0.717) is 27.2 Å². The number of ketones is 1. The van der Waals surface area contributed by atoms with Gasteiger partial charge in [0.25, 0.3) is 5.56 Å². The Kier molecular flexibility index (Phi) is 5.32. The molecule has 1 N–H and O–H groups in total. The van der Waals surface area contributed by atoms with Crippen molar-refractivity contribution < 1.29 is 14.3 Å². The number of aryl methyl sites for hydroxylation is 3. The number of para-hydroxylation sites is 1. The number of ether oxygens (including phenoxy) is 1. The fourth-order valence-corrected chi connectivity index (χ4v) is 4.86. The number of nitrogens with zero attached hydrogens (tertiary/aromatic N) is 2. The summed E-state index contributed by atoms with van der Waals surface area (Å²) in [6.45, 7) is 6.77. The van der Waals surface area contributed by atoms with Crippen LogP contribution in [0.1, 0.15) is 42.8 Å². The number of Topliss-reactive ketones (excluding diaryl/α,β-unsaturated/α-hetero) is 1. The van der Waals surface area contributed by atoms with Gasteiger partial charge in [-0.15, -0.1) is 11.3 Å². The average Bonchev–Trinajstić information content (AvgIpc) is 3.22. The van der Waals surface area contributed by atoms with Crippen LogP contribution >= 0.6 is 11.3 Å². The quantitative estimate of drug-likeness (QED) is 0.377. The largest absolute Gasteiger partial charge is 0.453 e. The zero-order valence-corrected chi connectivity index (χ0v) is 18.4. The van der Waals surface area contributed by atoms with Crippen LogP contribution in [0.4, 0.5) is 0 Å². The topological polar surface area (TPSA) is 94.0 Å². The molecular weight excluding hydrogens is 414 g/mol. The average molecular weight is 436 g/mol. The molecule has 3 heterocycles. The molecule has 8 heteroatoms. The molecule has 0 atom stereocenters. The van der Waals surface area contributed by atoms with Crippen LogP contribution in [0.2, 0.25) is 0 Å². The number of hydrogen-bond donors (Lipinski definition) is 1. The summed E-state index contributed by atoms with van der Waals surface area (Å²) in [5.41, 5.74) is 3.39. The van der Waals surface area contributed by atoms with Crippen LogP contribution in [0.5, 0.6) is 0 Å². The van der Waals surface area contributed by atoms with Gasteiger partial charge in [0.2, 0.25) is 5.78 Å². The van der Waals surface area contributed by atoms with Gasteiger partial charge < -0.3 is 14.3 Å². The Morgan fingerprint density at radius 1 is 1.13 bits per heavy atom. The van der Waals surface area contributed by atoms with Crippen molar-refractivity contribution in [2.24, 2.45) is 0 Å². The summed E-state index contributed by atoms with van der Waals surface area (Å²) < 4.78 is 7.30. The molecular formula is C23H21N3O4S. The Bertz CT molecular complexity index is 1380. The second-order valence-corrected chi connectivity index (χ2v) is 8.34. The van der Waals surface area contributed by atoms with Crippen molar-refractivity contribution in [1.82, 2.24) is 14.5 Å². The van der Waals surface area contributed by atoms with Crippen LogP contribution in [0, 0.1) is 27.7 Å². The lowest BCUT2D eigenvalue weighted by molar-refractivity contribution is 0.0479. The third-order valence-corrected chi connectivity index (χ3v) is 6.35. The van der Waals surface area contributed by atoms with E-state index in [4.69, 9.17) is 4.74 Å². The highest BCUT2D eigenvalue weighted by Gasteiger charge is 2.22. The number of hydrogen-bond acceptors (Lipinski definition) is 6. The standard InChI is InChI=1S/C23H21N3O4S/c1-12-10-17(14(3)26(12)16-8-6-5-7-9-16)18(27)11-30-23(29)20-13(2)19-21(28)24-15(4)25-22(19)31-20/h5-10H,11H2,1-4H3,(H,24,25,28). The predicted molar refractivity (Wildman–Crippen MR) is 120 cm³/mol. The highest BCUT2D eigenvalue weighted by Crippen LogP contribution is 2.28. The van der Waals surface area contributed by atoms with Crippen LogP contribution in [-0.4, -0.2) is 32.9 Å². The highest BCUT2D eigenvalue weighted by atomic mass is 32.1. The van der Waals surface area contributed by atoms with Gasteiger partial charge in [0, 0.05) is 22.6 Å². The molecule has 0 saturated carbocycles. The number of benzene rings is 1. The van der Waals surface area contributed by atoms with E-state index in [-0.39, 0.29) is 22.8 Å². The van der Waals surface area contributed by atoms with Gasteiger partial charge in [-0.3, -0.25) is 9.59 Å². The number of aromatic nitrogens is 3. The zero-order chi connectivity index (χ0) is 22.3. The Labute approximate surface area is 182 Å². The number of thiophene rings is 1. The molecule has 0 aliphatic heterocycles. The van der Waals surface area contributed by atoms with E-state index in [0.717, 1.165) is 28.4 Å². The van der Waals surface area contributed by atoms with Gasteiger partial charge in [0.15, 0.2) is 6.61 Å². The number of rotatable bonds is 5. The van der Waals surface area contributed by atoms with E-state index in [1.54, 1.807) is 19.9 Å². The molecule has 0 saturated heterocycles. The van der Waals surface area contributed by atoms with Crippen molar-refractivity contribution in [1.29, 1.82) is 0 Å². The van der Waals surface area contributed by atoms with Gasteiger partial charge in [-0.1, -0.05) is 18.2 Å². The van der Waals surface area contributed by atoms with Crippen LogP contribution in [-0.2, 0) is 4.74 Å². The molecule has 0 aliphatic rings. The molecule has 1 aromatic carbocycles. The van der Waals surface area contributed by atoms with E-state index in [2.05, 4.69) is 9.97 Å². The van der Waals surface area contributed by atoms with Gasteiger partial charge in [-0.25, -0.2) is 9.78 Å². The van der Waals surface area contributed by atoms with Gasteiger partial charge in [0.1, 0.15) is 15.5 Å². The maximum atomic E-state index is 12.8. The summed E-state index contributed by atoms with van der Waals surface area (Å²) in [7, 11) is 0. The molecule has 0 spiro atoms. The predicted octanol–water partition coefficient (Wildman–Crippen LogP) is 4.05. The number of nitrogens with one attached hydrogen (secondary N) is 1. The summed E-state index contributed by atoms with van der Waals surface area (Å²) in [6, 6.07) is 11.5. The molecule has 0 aliphatic carbocycles. The van der Waals surface area contributed by atoms with Gasteiger partial charge in [-0.2, -0.15) is 0 Å². The highest BCUT2D eigenvalue weighted by molar-refractivity contribution is 7.20. The summed E-state index contributed by atoms with van der Waals surface area (Å²) in [6.07, 6.45) is 0. The molecule has 3 aromatic heterocycles. The first-order valence-corrected chi connectivity index (χ1v) is 10.5. The lowest BCUT2D eigenvalue weighted by atomic mass is 10.1. The molecule has 0 radical (unpaired) electrons. The van der Waals surface area contributed by atoms with Gasteiger partial charge in [0.05, 0.1) is 5.39 Å². The minimum Gasteiger partial charge on any atom is -0.453 e. The van der Waals surface area contributed by atoms with Gasteiger partial charge in [-0.05, 0) is 51.5 Å². The number of H-pyrrole nitrogens is 1. The van der Waals surface area contributed by atoms with Crippen LogP contribution in [0.15, 0.2) is 41.2 Å². The first-order chi connectivity index (χ1) is 14.8. The lowest BCUT2D eigenvalue weighted by Gasteiger charge is -2.09. The van der Waals surface area contributed by atoms with Crippen LogP contribution in [0.25, 0.3) is 15.9 Å². The number of carbonyl (C=O) groups is 2. The molecule has 31 heavy (non-hydrogen) atoms. The van der Waals surface area contributed by atoms with E-state index in [9.17, 15) is 14.4 Å². The van der Waals surface area contributed by atoms with Crippen molar-refractivity contribution in [2.75, 3.05) is 6.61 Å². The summed E-state index contributed by atoms with van der Waals surface area (Å²) in [5.74, 6) is -0.445. The third-order valence-electron chi connectivity index (χ3n) is 5.18. The summed E-state index contributed by atoms with van der Waals surface area (Å²) in [5, 5.41) is 0.375. The van der Waals surface area contributed by atoms with E-state index in [1.807, 2.05) is 48.7 Å². The fourth-order valence-electron chi connectivity index (χ4n) is 3.74. The maximum Gasteiger partial charge on any atom is 0.349 e. The van der Waals surface area contributed by atoms with Crippen molar-refractivity contribution in [3.05, 3.63) is 80.0 Å². The van der Waals surface area contributed by atoms with E-state index >= 15 is 0 Å². The lowest BCUT2D eigenvalue weighted by Crippen LogP contribution is -2.15. The fraction of sp³-hybridized carbons (Fsp3) is 0.217. The molecule has 4 aromatic rings. The number of fused-ring (bicyclic) bond motifs is 1. The zero-order valence-electron chi connectivity index (χ0n) is 17.6. The Hall–Kier alpha value is -3.52. The monoisotopic (exact) mass is 435 g/mol. The second-order valence-electron chi connectivity index (χ2n) is 7.34. The minimum atomic E-state index is -0.636. The first-order valence-electron chi connectivity index (χ1n) is 9.72. The normalized spacial score (nSPS) is 11.1. The molecule has 4 rings (SSSR count). The summed E-state index contributed by atoms with van der Waals surface area (Å²) in [4.78, 5) is 45.3. The Balaban J connectivity index is 1.55. The second kappa shape index (κ2) is 7.96. The molecule has 7 nitrogen and oxygen atoms in total. The van der Waals surface area contributed by atoms with Crippen molar-refractivity contribution in [3.63, 3.8) is 0 Å². The van der Waals surface area contributed by atoms with Crippen molar-refractivity contribution in [3.8, 4) is 5.69 Å². The van der Waals surface area contributed by atoms with Crippen LogP contribution < -0.4 is 5.56 Å². The number of esters is 1. The molecule has 0 bridgehead atoms. The molecule has 0 unspecified atom stereocenters. The Morgan fingerprint density at radius 3 is 2.55 bits per heavy atom. The van der Waals surface area contributed by atoms with Gasteiger partial charge >= 0.3 is 5.97 Å². The SMILES string of the molecule is Cc1nc2sc(C(=O)OCC(=O)c3cc(C)n(-c4ccccc4)c3C)c(C)c2c(=O)[nH]1. The Morgan fingerprint density at radius 2 is 1.84 bits per heavy atom. The molecule has 158 valence electrons. The first kappa shape index (κ1) is 20.7. The maximum absolute atomic E-state index is 12.8. The smallest absolute Gasteiger partial charge is 0.349 e. The van der Waals surface area contributed by atoms with E-state index in [1.165, 1.54) is 0 Å². The molecule has 0 fully saturated rings. The number of aromatic amines is 1. The number of carbonyl (C=O) groups excluding carboxylic acids is 2. The molecule has 0 amide bonds. The third kappa shape index (κ3) is 3.70. The minimum absolute atomic E-state index is 0.279.